The van der Waals surface area contributed by atoms with Crippen molar-refractivity contribution in [2.75, 3.05) is 13.1 Å². The molecule has 0 atom stereocenters. The van der Waals surface area contributed by atoms with Crippen molar-refractivity contribution in [1.82, 2.24) is 20.0 Å². The van der Waals surface area contributed by atoms with Crippen molar-refractivity contribution in [1.29, 1.82) is 0 Å². The summed E-state index contributed by atoms with van der Waals surface area (Å²) in [5.41, 5.74) is 10.3. The van der Waals surface area contributed by atoms with Gasteiger partial charge in [-0.2, -0.15) is 5.10 Å². The molecule has 1 aliphatic rings. The Morgan fingerprint density at radius 1 is 1.19 bits per heavy atom. The SMILES string of the molecule is CC(=O)NCc1cc2n(n1)CCN(Cc1ccc(CCN)cc1)C2.Cl.Cl. The molecule has 1 aromatic heterocycles. The van der Waals surface area contributed by atoms with Gasteiger partial charge in [-0.1, -0.05) is 24.3 Å². The summed E-state index contributed by atoms with van der Waals surface area (Å²) in [5.74, 6) is -0.0271. The zero-order valence-electron chi connectivity index (χ0n) is 15.0. The van der Waals surface area contributed by atoms with E-state index in [-0.39, 0.29) is 30.7 Å². The average Bonchev–Trinajstić information content (AvgIpc) is 2.97. The fourth-order valence-corrected chi connectivity index (χ4v) is 3.05. The van der Waals surface area contributed by atoms with Crippen molar-refractivity contribution in [2.45, 2.75) is 39.5 Å². The molecule has 1 aliphatic heterocycles. The number of hydrogen-bond acceptors (Lipinski definition) is 4. The second-order valence-corrected chi connectivity index (χ2v) is 6.33. The summed E-state index contributed by atoms with van der Waals surface area (Å²) < 4.78 is 2.05. The van der Waals surface area contributed by atoms with Gasteiger partial charge in [0.25, 0.3) is 0 Å². The van der Waals surface area contributed by atoms with Gasteiger partial charge in [-0.25, -0.2) is 0 Å². The number of carbonyl (C=O) groups is 1. The predicted molar refractivity (Wildman–Crippen MR) is 108 cm³/mol. The van der Waals surface area contributed by atoms with Crippen molar-refractivity contribution in [3.63, 3.8) is 0 Å². The van der Waals surface area contributed by atoms with Crippen molar-refractivity contribution >= 4 is 30.7 Å². The van der Waals surface area contributed by atoms with E-state index in [0.29, 0.717) is 13.1 Å². The zero-order chi connectivity index (χ0) is 16.9. The van der Waals surface area contributed by atoms with Gasteiger partial charge in [0, 0.05) is 26.6 Å². The van der Waals surface area contributed by atoms with Gasteiger partial charge in [0.1, 0.15) is 0 Å². The van der Waals surface area contributed by atoms with Crippen LogP contribution in [0.4, 0.5) is 0 Å². The monoisotopic (exact) mass is 399 g/mol. The number of nitrogens with zero attached hydrogens (tertiary/aromatic N) is 3. The molecule has 1 aromatic carbocycles. The fourth-order valence-electron chi connectivity index (χ4n) is 3.05. The number of benzene rings is 1. The van der Waals surface area contributed by atoms with Crippen LogP contribution in [0.5, 0.6) is 0 Å². The highest BCUT2D eigenvalue weighted by Crippen LogP contribution is 2.17. The van der Waals surface area contributed by atoms with Crippen LogP contribution in [0.25, 0.3) is 0 Å². The molecule has 0 bridgehead atoms. The first-order valence-corrected chi connectivity index (χ1v) is 8.44. The minimum atomic E-state index is -0.0271. The molecule has 0 saturated heterocycles. The number of amides is 1. The molecule has 1 amide bonds. The number of nitrogens with one attached hydrogen (secondary N) is 1. The van der Waals surface area contributed by atoms with Crippen LogP contribution in [0.15, 0.2) is 30.3 Å². The maximum atomic E-state index is 11.0. The van der Waals surface area contributed by atoms with Crippen LogP contribution in [-0.4, -0.2) is 33.7 Å². The molecule has 144 valence electrons. The lowest BCUT2D eigenvalue weighted by atomic mass is 10.1. The van der Waals surface area contributed by atoms with E-state index < -0.39 is 0 Å². The summed E-state index contributed by atoms with van der Waals surface area (Å²) in [6.07, 6.45) is 0.931. The molecular formula is C18H27Cl2N5O. The fraction of sp³-hybridized carbons (Fsp3) is 0.444. The van der Waals surface area contributed by atoms with Crippen LogP contribution in [0.3, 0.4) is 0 Å². The Balaban J connectivity index is 0.00000169. The minimum absolute atomic E-state index is 0. The molecule has 0 radical (unpaired) electrons. The number of fused-ring (bicyclic) bond motifs is 1. The molecule has 2 heterocycles. The molecule has 0 aliphatic carbocycles. The molecule has 26 heavy (non-hydrogen) atoms. The summed E-state index contributed by atoms with van der Waals surface area (Å²) >= 11 is 0. The number of hydrogen-bond donors (Lipinski definition) is 2. The number of nitrogens with two attached hydrogens (primary N) is 1. The van der Waals surface area contributed by atoms with Crippen LogP contribution < -0.4 is 11.1 Å². The van der Waals surface area contributed by atoms with Gasteiger partial charge in [-0.05, 0) is 30.2 Å². The van der Waals surface area contributed by atoms with E-state index in [1.54, 1.807) is 0 Å². The highest BCUT2D eigenvalue weighted by molar-refractivity contribution is 5.85. The third-order valence-corrected chi connectivity index (χ3v) is 4.31. The normalized spacial score (nSPS) is 13.3. The lowest BCUT2D eigenvalue weighted by Crippen LogP contribution is -2.33. The highest BCUT2D eigenvalue weighted by atomic mass is 35.5. The van der Waals surface area contributed by atoms with Gasteiger partial charge < -0.3 is 11.1 Å². The second kappa shape index (κ2) is 10.5. The van der Waals surface area contributed by atoms with Crippen molar-refractivity contribution in [3.05, 3.63) is 52.8 Å². The van der Waals surface area contributed by atoms with Gasteiger partial charge in [0.15, 0.2) is 0 Å². The Morgan fingerprint density at radius 3 is 2.54 bits per heavy atom. The molecule has 3 rings (SSSR count). The van der Waals surface area contributed by atoms with Gasteiger partial charge >= 0.3 is 0 Å². The minimum Gasteiger partial charge on any atom is -0.351 e. The number of halogens is 2. The van der Waals surface area contributed by atoms with Crippen LogP contribution in [0.1, 0.15) is 29.4 Å². The number of aromatic nitrogens is 2. The third kappa shape index (κ3) is 5.99. The molecule has 0 fully saturated rings. The Morgan fingerprint density at radius 2 is 1.88 bits per heavy atom. The van der Waals surface area contributed by atoms with Crippen LogP contribution in [-0.2, 0) is 37.4 Å². The molecule has 8 heteroatoms. The van der Waals surface area contributed by atoms with Crippen molar-refractivity contribution < 1.29 is 4.79 Å². The van der Waals surface area contributed by atoms with Crippen molar-refractivity contribution in [2.24, 2.45) is 5.73 Å². The predicted octanol–water partition coefficient (Wildman–Crippen LogP) is 1.88. The summed E-state index contributed by atoms with van der Waals surface area (Å²) in [7, 11) is 0. The lowest BCUT2D eigenvalue weighted by molar-refractivity contribution is -0.119. The molecule has 2 aromatic rings. The standard InChI is InChI=1S/C18H25N5O.2ClH/c1-14(24)20-11-17-10-18-13-22(8-9-23(18)21-17)12-16-4-2-15(3-5-16)6-7-19;;/h2-5,10H,6-9,11-13,19H2,1H3,(H,20,24);2*1H. The Kier molecular flexibility index (Phi) is 9.08. The van der Waals surface area contributed by atoms with Gasteiger partial charge in [-0.3, -0.25) is 14.4 Å². The smallest absolute Gasteiger partial charge is 0.217 e. The first kappa shape index (κ1) is 22.4. The quantitative estimate of drug-likeness (QED) is 0.777. The summed E-state index contributed by atoms with van der Waals surface area (Å²) in [4.78, 5) is 13.4. The largest absolute Gasteiger partial charge is 0.351 e. The Labute approximate surface area is 166 Å². The molecule has 0 spiro atoms. The molecule has 0 unspecified atom stereocenters. The van der Waals surface area contributed by atoms with Gasteiger partial charge in [0.05, 0.1) is 24.5 Å². The van der Waals surface area contributed by atoms with Gasteiger partial charge in [0.2, 0.25) is 5.91 Å². The first-order chi connectivity index (χ1) is 11.6. The molecule has 6 nitrogen and oxygen atoms in total. The topological polar surface area (TPSA) is 76.2 Å². The summed E-state index contributed by atoms with van der Waals surface area (Å²) in [6, 6.07) is 10.8. The van der Waals surface area contributed by atoms with Crippen LogP contribution in [0.2, 0.25) is 0 Å². The number of rotatable bonds is 6. The lowest BCUT2D eigenvalue weighted by Gasteiger charge is -2.27. The van der Waals surface area contributed by atoms with E-state index >= 15 is 0 Å². The van der Waals surface area contributed by atoms with Crippen LogP contribution >= 0.6 is 24.8 Å². The van der Waals surface area contributed by atoms with Crippen molar-refractivity contribution in [3.8, 4) is 0 Å². The first-order valence-electron chi connectivity index (χ1n) is 8.44. The van der Waals surface area contributed by atoms with Crippen LogP contribution in [0, 0.1) is 0 Å². The van der Waals surface area contributed by atoms with E-state index in [1.807, 2.05) is 0 Å². The number of carbonyl (C=O) groups excluding carboxylic acids is 1. The third-order valence-electron chi connectivity index (χ3n) is 4.31. The van der Waals surface area contributed by atoms with E-state index in [0.717, 1.165) is 38.3 Å². The molecular weight excluding hydrogens is 373 g/mol. The average molecular weight is 400 g/mol. The Hall–Kier alpha value is -1.60. The van der Waals surface area contributed by atoms with Gasteiger partial charge in [-0.15, -0.1) is 24.8 Å². The zero-order valence-corrected chi connectivity index (χ0v) is 16.6. The van der Waals surface area contributed by atoms with E-state index in [2.05, 4.69) is 50.3 Å². The maximum absolute atomic E-state index is 11.0. The molecule has 3 N–H and O–H groups in total. The maximum Gasteiger partial charge on any atom is 0.217 e. The van der Waals surface area contributed by atoms with E-state index in [4.69, 9.17) is 5.73 Å². The highest BCUT2D eigenvalue weighted by Gasteiger charge is 2.18. The molecule has 0 saturated carbocycles. The summed E-state index contributed by atoms with van der Waals surface area (Å²) in [5, 5.41) is 7.36. The Bertz CT molecular complexity index is 702. The second-order valence-electron chi connectivity index (χ2n) is 6.33. The summed E-state index contributed by atoms with van der Waals surface area (Å²) in [6.45, 7) is 6.41. The van der Waals surface area contributed by atoms with E-state index in [9.17, 15) is 4.79 Å². The van der Waals surface area contributed by atoms with E-state index in [1.165, 1.54) is 23.7 Å².